The fraction of sp³-hybridized carbons (Fsp3) is 0.455. The highest BCUT2D eigenvalue weighted by Crippen LogP contribution is 2.15. The van der Waals surface area contributed by atoms with E-state index in [1.165, 1.54) is 6.07 Å². The van der Waals surface area contributed by atoms with Crippen LogP contribution in [0.15, 0.2) is 18.2 Å². The summed E-state index contributed by atoms with van der Waals surface area (Å²) in [5.74, 6) is -1.63. The van der Waals surface area contributed by atoms with Gasteiger partial charge >= 0.3 is 0 Å². The van der Waals surface area contributed by atoms with Gasteiger partial charge in [-0.2, -0.15) is 0 Å². The van der Waals surface area contributed by atoms with E-state index >= 15 is 0 Å². The summed E-state index contributed by atoms with van der Waals surface area (Å²) >= 11 is 0. The van der Waals surface area contributed by atoms with Gasteiger partial charge in [0.25, 0.3) is 0 Å². The van der Waals surface area contributed by atoms with Crippen molar-refractivity contribution in [3.05, 3.63) is 35.4 Å². The first-order valence-electron chi connectivity index (χ1n) is 4.82. The fourth-order valence-corrected chi connectivity index (χ4v) is 1.28. The molecule has 0 heterocycles. The molecule has 1 aromatic rings. The summed E-state index contributed by atoms with van der Waals surface area (Å²) in [5.41, 5.74) is 0.727. The minimum atomic E-state index is -0.817. The van der Waals surface area contributed by atoms with E-state index in [2.05, 4.69) is 5.32 Å². The van der Waals surface area contributed by atoms with Crippen molar-refractivity contribution < 1.29 is 13.5 Å². The van der Waals surface area contributed by atoms with Crippen LogP contribution in [0.25, 0.3) is 0 Å². The third-order valence-corrected chi connectivity index (χ3v) is 2.20. The van der Waals surface area contributed by atoms with Crippen LogP contribution >= 0.6 is 0 Å². The van der Waals surface area contributed by atoms with Crippen molar-refractivity contribution >= 4 is 0 Å². The Kier molecular flexibility index (Phi) is 4.65. The van der Waals surface area contributed by atoms with Gasteiger partial charge in [-0.05, 0) is 24.6 Å². The Labute approximate surface area is 88.3 Å². The first-order valence-corrected chi connectivity index (χ1v) is 4.82. The molecule has 0 bridgehead atoms. The topological polar surface area (TPSA) is 21.3 Å². The number of methoxy groups -OCH3 is 1. The Morgan fingerprint density at radius 3 is 2.67 bits per heavy atom. The van der Waals surface area contributed by atoms with Gasteiger partial charge in [0, 0.05) is 19.7 Å². The Balaban J connectivity index is 2.57. The molecule has 0 aliphatic carbocycles. The fourth-order valence-electron chi connectivity index (χ4n) is 1.28. The van der Waals surface area contributed by atoms with Gasteiger partial charge in [-0.3, -0.25) is 0 Å². The van der Waals surface area contributed by atoms with Crippen molar-refractivity contribution in [3.63, 3.8) is 0 Å². The van der Waals surface area contributed by atoms with Crippen LogP contribution in [-0.4, -0.2) is 20.3 Å². The lowest BCUT2D eigenvalue weighted by Gasteiger charge is -2.13. The van der Waals surface area contributed by atoms with E-state index in [0.717, 1.165) is 11.6 Å². The van der Waals surface area contributed by atoms with Gasteiger partial charge in [0.1, 0.15) is 0 Å². The maximum absolute atomic E-state index is 12.9. The van der Waals surface area contributed by atoms with Crippen LogP contribution in [0.1, 0.15) is 18.5 Å². The summed E-state index contributed by atoms with van der Waals surface area (Å²) in [6, 6.07) is 3.90. The predicted molar refractivity (Wildman–Crippen MR) is 54.7 cm³/mol. The van der Waals surface area contributed by atoms with Crippen molar-refractivity contribution in [2.45, 2.75) is 13.0 Å². The smallest absolute Gasteiger partial charge is 0.159 e. The molecule has 0 fully saturated rings. The molecule has 0 aliphatic rings. The van der Waals surface area contributed by atoms with Gasteiger partial charge in [-0.1, -0.05) is 6.07 Å². The van der Waals surface area contributed by atoms with Crippen LogP contribution in [0.2, 0.25) is 0 Å². The number of rotatable bonds is 5. The molecule has 0 spiro atoms. The summed E-state index contributed by atoms with van der Waals surface area (Å²) in [7, 11) is 1.61. The minimum Gasteiger partial charge on any atom is -0.383 e. The van der Waals surface area contributed by atoms with E-state index in [4.69, 9.17) is 4.74 Å². The SMILES string of the molecule is COCCNC(C)c1ccc(F)c(F)c1. The molecule has 1 unspecified atom stereocenters. The van der Waals surface area contributed by atoms with Crippen LogP contribution in [0.3, 0.4) is 0 Å². The average Bonchev–Trinajstić information content (AvgIpc) is 2.22. The average molecular weight is 215 g/mol. The second kappa shape index (κ2) is 5.78. The third kappa shape index (κ3) is 3.57. The van der Waals surface area contributed by atoms with Crippen LogP contribution < -0.4 is 5.32 Å². The Bertz CT molecular complexity index is 317. The van der Waals surface area contributed by atoms with Gasteiger partial charge in [-0.25, -0.2) is 8.78 Å². The Hall–Kier alpha value is -1.00. The van der Waals surface area contributed by atoms with Gasteiger partial charge < -0.3 is 10.1 Å². The number of halogens is 2. The molecular weight excluding hydrogens is 200 g/mol. The molecule has 1 rings (SSSR count). The lowest BCUT2D eigenvalue weighted by Crippen LogP contribution is -2.22. The summed E-state index contributed by atoms with van der Waals surface area (Å²) < 4.78 is 30.4. The maximum Gasteiger partial charge on any atom is 0.159 e. The second-order valence-corrected chi connectivity index (χ2v) is 3.34. The third-order valence-electron chi connectivity index (χ3n) is 2.20. The highest BCUT2D eigenvalue weighted by molar-refractivity contribution is 5.20. The zero-order valence-corrected chi connectivity index (χ0v) is 8.89. The number of benzene rings is 1. The molecule has 0 amide bonds. The minimum absolute atomic E-state index is 0.0183. The van der Waals surface area contributed by atoms with Crippen LogP contribution in [0.5, 0.6) is 0 Å². The lowest BCUT2D eigenvalue weighted by molar-refractivity contribution is 0.196. The van der Waals surface area contributed by atoms with E-state index in [-0.39, 0.29) is 6.04 Å². The summed E-state index contributed by atoms with van der Waals surface area (Å²) in [6.07, 6.45) is 0. The quantitative estimate of drug-likeness (QED) is 0.761. The molecule has 1 N–H and O–H groups in total. The molecule has 0 radical (unpaired) electrons. The molecule has 4 heteroatoms. The number of nitrogens with one attached hydrogen (secondary N) is 1. The lowest BCUT2D eigenvalue weighted by atomic mass is 10.1. The first kappa shape index (κ1) is 12.1. The van der Waals surface area contributed by atoms with E-state index in [1.54, 1.807) is 13.2 Å². The number of ether oxygens (including phenoxy) is 1. The van der Waals surface area contributed by atoms with Crippen LogP contribution in [0, 0.1) is 11.6 Å². The Morgan fingerprint density at radius 2 is 2.07 bits per heavy atom. The van der Waals surface area contributed by atoms with E-state index < -0.39 is 11.6 Å². The van der Waals surface area contributed by atoms with E-state index in [0.29, 0.717) is 13.2 Å². The van der Waals surface area contributed by atoms with Gasteiger partial charge in [0.05, 0.1) is 6.61 Å². The molecule has 0 saturated carbocycles. The van der Waals surface area contributed by atoms with Crippen molar-refractivity contribution in [1.82, 2.24) is 5.32 Å². The van der Waals surface area contributed by atoms with Gasteiger partial charge in [-0.15, -0.1) is 0 Å². The van der Waals surface area contributed by atoms with Crippen molar-refractivity contribution in [3.8, 4) is 0 Å². The number of hydrogen-bond donors (Lipinski definition) is 1. The highest BCUT2D eigenvalue weighted by atomic mass is 19.2. The summed E-state index contributed by atoms with van der Waals surface area (Å²) in [4.78, 5) is 0. The largest absolute Gasteiger partial charge is 0.383 e. The highest BCUT2D eigenvalue weighted by Gasteiger charge is 2.08. The second-order valence-electron chi connectivity index (χ2n) is 3.34. The molecule has 2 nitrogen and oxygen atoms in total. The zero-order chi connectivity index (χ0) is 11.3. The standard InChI is InChI=1S/C11H15F2NO/c1-8(14-5-6-15-2)9-3-4-10(12)11(13)7-9/h3-4,7-8,14H,5-6H2,1-2H3. The summed E-state index contributed by atoms with van der Waals surface area (Å²) in [5, 5.41) is 3.13. The molecule has 1 atom stereocenters. The van der Waals surface area contributed by atoms with Crippen molar-refractivity contribution in [2.24, 2.45) is 0 Å². The van der Waals surface area contributed by atoms with Gasteiger partial charge in [0.15, 0.2) is 11.6 Å². The molecular formula is C11H15F2NO. The van der Waals surface area contributed by atoms with E-state index in [1.807, 2.05) is 6.92 Å². The van der Waals surface area contributed by atoms with Crippen molar-refractivity contribution in [2.75, 3.05) is 20.3 Å². The zero-order valence-electron chi connectivity index (χ0n) is 8.89. The normalized spacial score (nSPS) is 12.8. The molecule has 0 aliphatic heterocycles. The number of hydrogen-bond acceptors (Lipinski definition) is 2. The van der Waals surface area contributed by atoms with Crippen LogP contribution in [0.4, 0.5) is 8.78 Å². The Morgan fingerprint density at radius 1 is 1.33 bits per heavy atom. The first-order chi connectivity index (χ1) is 7.15. The van der Waals surface area contributed by atoms with Gasteiger partial charge in [0.2, 0.25) is 0 Å². The predicted octanol–water partition coefficient (Wildman–Crippen LogP) is 2.26. The maximum atomic E-state index is 12.9. The molecule has 15 heavy (non-hydrogen) atoms. The van der Waals surface area contributed by atoms with Crippen LogP contribution in [-0.2, 0) is 4.74 Å². The monoisotopic (exact) mass is 215 g/mol. The summed E-state index contributed by atoms with van der Waals surface area (Å²) in [6.45, 7) is 3.16. The molecule has 84 valence electrons. The molecule has 0 saturated heterocycles. The molecule has 0 aromatic heterocycles. The van der Waals surface area contributed by atoms with Crippen molar-refractivity contribution in [1.29, 1.82) is 0 Å². The molecule has 1 aromatic carbocycles. The van der Waals surface area contributed by atoms with E-state index in [9.17, 15) is 8.78 Å².